The Hall–Kier alpha value is -3.68. The van der Waals surface area contributed by atoms with E-state index >= 15 is 0 Å². The van der Waals surface area contributed by atoms with Gasteiger partial charge in [-0.15, -0.1) is 0 Å². The fourth-order valence-electron chi connectivity index (χ4n) is 4.61. The van der Waals surface area contributed by atoms with Crippen molar-refractivity contribution in [2.24, 2.45) is 5.92 Å². The molecule has 1 saturated heterocycles. The minimum Gasteiger partial charge on any atom is -0.508 e. The summed E-state index contributed by atoms with van der Waals surface area (Å²) in [4.78, 5) is 22.6. The average molecular weight is 521 g/mol. The van der Waals surface area contributed by atoms with Crippen molar-refractivity contribution in [2.45, 2.75) is 58.5 Å². The Morgan fingerprint density at radius 1 is 1.11 bits per heavy atom. The van der Waals surface area contributed by atoms with Crippen molar-refractivity contribution >= 4 is 12.0 Å². The van der Waals surface area contributed by atoms with Gasteiger partial charge in [0.2, 0.25) is 5.95 Å². The molecule has 38 heavy (non-hydrogen) atoms. The monoisotopic (exact) mass is 520 g/mol. The van der Waals surface area contributed by atoms with E-state index in [0.29, 0.717) is 31.5 Å². The molecule has 0 spiro atoms. The van der Waals surface area contributed by atoms with Gasteiger partial charge in [0, 0.05) is 25.2 Å². The van der Waals surface area contributed by atoms with Gasteiger partial charge in [-0.05, 0) is 88.1 Å². The van der Waals surface area contributed by atoms with Crippen LogP contribution in [0.1, 0.15) is 51.2 Å². The van der Waals surface area contributed by atoms with E-state index in [1.165, 1.54) is 6.20 Å². The molecule has 202 valence electrons. The molecule has 7 nitrogen and oxygen atoms in total. The molecule has 2 aromatic carbocycles. The molecular weight excluding hydrogens is 483 g/mol. The summed E-state index contributed by atoms with van der Waals surface area (Å²) in [5, 5.41) is 12.6. The van der Waals surface area contributed by atoms with Crippen molar-refractivity contribution in [3.8, 4) is 17.0 Å². The minimum absolute atomic E-state index is 0.232. The molecule has 2 heterocycles. The standard InChI is InChI=1S/C30H37FN4O3/c1-30(2,3)38-29(37)35-17-14-22(15-18-35)7-8-23-5-4-6-24(19-23)27-26(31)20-33-28(34-27)32-16-13-21-9-11-25(36)12-10-21/h4-6,9-12,19-20,22,36H,7-8,13-18H2,1-3H3,(H,32,33,34). The molecule has 0 saturated carbocycles. The molecule has 1 fully saturated rings. The lowest BCUT2D eigenvalue weighted by Gasteiger charge is -2.33. The summed E-state index contributed by atoms with van der Waals surface area (Å²) >= 11 is 0. The number of carbonyl (C=O) groups is 1. The van der Waals surface area contributed by atoms with Crippen molar-refractivity contribution in [3.63, 3.8) is 0 Å². The fraction of sp³-hybridized carbons (Fsp3) is 0.433. The predicted molar refractivity (Wildman–Crippen MR) is 147 cm³/mol. The largest absolute Gasteiger partial charge is 0.508 e. The maximum atomic E-state index is 14.7. The molecule has 2 N–H and O–H groups in total. The van der Waals surface area contributed by atoms with Crippen LogP contribution in [0, 0.1) is 11.7 Å². The molecular formula is C30H37FN4O3. The number of hydrogen-bond acceptors (Lipinski definition) is 6. The van der Waals surface area contributed by atoms with Crippen molar-refractivity contribution in [3.05, 3.63) is 71.7 Å². The summed E-state index contributed by atoms with van der Waals surface area (Å²) in [6.45, 7) is 7.67. The SMILES string of the molecule is CC(C)(C)OC(=O)N1CCC(CCc2cccc(-c3nc(NCCc4ccc(O)cc4)ncc3F)c2)CC1. The van der Waals surface area contributed by atoms with Crippen LogP contribution in [0.2, 0.25) is 0 Å². The zero-order valence-electron chi connectivity index (χ0n) is 22.4. The summed E-state index contributed by atoms with van der Waals surface area (Å²) < 4.78 is 20.2. The lowest BCUT2D eigenvalue weighted by atomic mass is 9.90. The zero-order valence-corrected chi connectivity index (χ0v) is 22.4. The maximum Gasteiger partial charge on any atom is 0.410 e. The molecule has 0 bridgehead atoms. The van der Waals surface area contributed by atoms with Crippen LogP contribution in [0.25, 0.3) is 11.3 Å². The topological polar surface area (TPSA) is 87.6 Å². The first-order valence-electron chi connectivity index (χ1n) is 13.3. The molecule has 0 atom stereocenters. The van der Waals surface area contributed by atoms with Crippen molar-refractivity contribution in [2.75, 3.05) is 25.0 Å². The Balaban J connectivity index is 1.30. The van der Waals surface area contributed by atoms with E-state index in [-0.39, 0.29) is 17.5 Å². The fourth-order valence-corrected chi connectivity index (χ4v) is 4.61. The number of likely N-dealkylation sites (tertiary alicyclic amines) is 1. The Labute approximate surface area is 224 Å². The number of carbonyl (C=O) groups excluding carboxylic acids is 1. The first kappa shape index (κ1) is 27.4. The van der Waals surface area contributed by atoms with E-state index in [9.17, 15) is 14.3 Å². The van der Waals surface area contributed by atoms with E-state index < -0.39 is 11.4 Å². The van der Waals surface area contributed by atoms with Gasteiger partial charge in [0.25, 0.3) is 0 Å². The van der Waals surface area contributed by atoms with E-state index in [1.54, 1.807) is 17.0 Å². The normalized spacial score (nSPS) is 14.4. The number of nitrogens with zero attached hydrogens (tertiary/aromatic N) is 3. The van der Waals surface area contributed by atoms with E-state index in [1.807, 2.05) is 51.1 Å². The van der Waals surface area contributed by atoms with Crippen LogP contribution in [-0.4, -0.2) is 51.3 Å². The van der Waals surface area contributed by atoms with Gasteiger partial charge in [-0.25, -0.2) is 19.2 Å². The van der Waals surface area contributed by atoms with Gasteiger partial charge >= 0.3 is 6.09 Å². The van der Waals surface area contributed by atoms with Gasteiger partial charge in [0.15, 0.2) is 5.82 Å². The van der Waals surface area contributed by atoms with Crippen molar-refractivity contribution < 1.29 is 19.0 Å². The number of hydrogen-bond donors (Lipinski definition) is 2. The number of phenols is 1. The number of benzene rings is 2. The minimum atomic E-state index is -0.479. The highest BCUT2D eigenvalue weighted by molar-refractivity contribution is 5.68. The second-order valence-corrected chi connectivity index (χ2v) is 10.9. The first-order valence-corrected chi connectivity index (χ1v) is 13.3. The predicted octanol–water partition coefficient (Wildman–Crippen LogP) is 6.22. The van der Waals surface area contributed by atoms with Crippen LogP contribution < -0.4 is 5.32 Å². The summed E-state index contributed by atoms with van der Waals surface area (Å²) in [6, 6.07) is 14.9. The number of halogens is 1. The second-order valence-electron chi connectivity index (χ2n) is 10.9. The number of phenolic OH excluding ortho intramolecular Hbond substituents is 1. The highest BCUT2D eigenvalue weighted by Crippen LogP contribution is 2.26. The Morgan fingerprint density at radius 2 is 1.84 bits per heavy atom. The molecule has 1 aliphatic heterocycles. The van der Waals surface area contributed by atoms with Gasteiger partial charge in [-0.3, -0.25) is 0 Å². The summed E-state index contributed by atoms with van der Waals surface area (Å²) in [7, 11) is 0. The van der Waals surface area contributed by atoms with Gasteiger partial charge in [0.1, 0.15) is 17.0 Å². The molecule has 4 rings (SSSR count). The Bertz CT molecular complexity index is 1220. The average Bonchev–Trinajstić information content (AvgIpc) is 2.89. The van der Waals surface area contributed by atoms with Crippen LogP contribution in [0.4, 0.5) is 15.1 Å². The highest BCUT2D eigenvalue weighted by atomic mass is 19.1. The Morgan fingerprint density at radius 3 is 2.55 bits per heavy atom. The molecule has 3 aromatic rings. The summed E-state index contributed by atoms with van der Waals surface area (Å²) in [6.07, 6.45) is 5.51. The highest BCUT2D eigenvalue weighted by Gasteiger charge is 2.26. The van der Waals surface area contributed by atoms with Gasteiger partial charge < -0.3 is 20.1 Å². The number of aryl methyl sites for hydroxylation is 1. The van der Waals surface area contributed by atoms with Crippen LogP contribution in [0.3, 0.4) is 0 Å². The van der Waals surface area contributed by atoms with E-state index in [0.717, 1.165) is 48.8 Å². The van der Waals surface area contributed by atoms with Crippen LogP contribution in [0.5, 0.6) is 5.75 Å². The summed E-state index contributed by atoms with van der Waals surface area (Å²) in [5.41, 5.74) is 2.73. The lowest BCUT2D eigenvalue weighted by Crippen LogP contribution is -2.41. The number of aromatic nitrogens is 2. The maximum absolute atomic E-state index is 14.7. The third-order valence-electron chi connectivity index (χ3n) is 6.69. The molecule has 8 heteroatoms. The zero-order chi connectivity index (χ0) is 27.1. The molecule has 1 aromatic heterocycles. The van der Waals surface area contributed by atoms with Crippen molar-refractivity contribution in [1.29, 1.82) is 0 Å². The number of aromatic hydroxyl groups is 1. The second kappa shape index (κ2) is 12.2. The quantitative estimate of drug-likeness (QED) is 0.367. The van der Waals surface area contributed by atoms with Crippen molar-refractivity contribution in [1.82, 2.24) is 14.9 Å². The van der Waals surface area contributed by atoms with Crippen LogP contribution >= 0.6 is 0 Å². The first-order chi connectivity index (χ1) is 18.2. The number of nitrogens with one attached hydrogen (secondary N) is 1. The third-order valence-corrected chi connectivity index (χ3v) is 6.69. The smallest absolute Gasteiger partial charge is 0.410 e. The van der Waals surface area contributed by atoms with Crippen LogP contribution in [-0.2, 0) is 17.6 Å². The number of ether oxygens (including phenoxy) is 1. The third kappa shape index (κ3) is 7.91. The lowest BCUT2D eigenvalue weighted by molar-refractivity contribution is 0.0181. The van der Waals surface area contributed by atoms with E-state index in [2.05, 4.69) is 21.4 Å². The van der Waals surface area contributed by atoms with Gasteiger partial charge in [-0.2, -0.15) is 0 Å². The van der Waals surface area contributed by atoms with E-state index in [4.69, 9.17) is 4.74 Å². The van der Waals surface area contributed by atoms with Gasteiger partial charge in [0.05, 0.1) is 6.20 Å². The number of piperidine rings is 1. The number of amides is 1. The summed E-state index contributed by atoms with van der Waals surface area (Å²) in [5.74, 6) is 0.694. The van der Waals surface area contributed by atoms with Gasteiger partial charge in [-0.1, -0.05) is 30.3 Å². The molecule has 1 aliphatic rings. The Kier molecular flexibility index (Phi) is 8.81. The molecule has 0 radical (unpaired) electrons. The van der Waals surface area contributed by atoms with Crippen LogP contribution in [0.15, 0.2) is 54.7 Å². The molecule has 0 aliphatic carbocycles. The number of rotatable bonds is 8. The molecule has 1 amide bonds. The molecule has 0 unspecified atom stereocenters. The number of anilines is 1.